The van der Waals surface area contributed by atoms with E-state index in [0.717, 1.165) is 43.6 Å². The highest BCUT2D eigenvalue weighted by Gasteiger charge is 2.16. The van der Waals surface area contributed by atoms with Crippen LogP contribution in [0.2, 0.25) is 0 Å². The van der Waals surface area contributed by atoms with Crippen molar-refractivity contribution in [3.05, 3.63) is 41.2 Å². The first kappa shape index (κ1) is 21.5. The first-order valence-electron chi connectivity index (χ1n) is 9.91. The molecule has 160 valence electrons. The Morgan fingerprint density at radius 3 is 2.73 bits per heavy atom. The molecule has 2 aromatic heterocycles. The van der Waals surface area contributed by atoms with Gasteiger partial charge in [-0.3, -0.25) is 9.36 Å². The molecule has 0 aliphatic carbocycles. The molecule has 0 fully saturated rings. The van der Waals surface area contributed by atoms with E-state index in [1.807, 2.05) is 35.8 Å². The Balaban J connectivity index is 1.49. The number of aromatic nitrogens is 4. The van der Waals surface area contributed by atoms with Gasteiger partial charge in [0.15, 0.2) is 17.0 Å². The Bertz CT molecular complexity index is 1020. The maximum Gasteiger partial charge on any atom is 0.309 e. The van der Waals surface area contributed by atoms with Crippen LogP contribution in [-0.4, -0.2) is 46.3 Å². The summed E-state index contributed by atoms with van der Waals surface area (Å²) in [5.74, 6) is 0.746. The summed E-state index contributed by atoms with van der Waals surface area (Å²) in [5.41, 5.74) is 9.34. The Hall–Kier alpha value is -3.20. The monoisotopic (exact) mass is 412 g/mol. The van der Waals surface area contributed by atoms with Crippen molar-refractivity contribution in [3.8, 4) is 6.01 Å². The Morgan fingerprint density at radius 2 is 1.97 bits per heavy atom. The third-order valence-corrected chi connectivity index (χ3v) is 4.76. The molecule has 0 spiro atoms. The SMILES string of the molecule is COC(=O)Cc1cccc(CNCCCCn2c(OC)nc3c(N)nc(C)nc32)c1. The molecular weight excluding hydrogens is 384 g/mol. The molecule has 0 saturated carbocycles. The number of methoxy groups -OCH3 is 2. The summed E-state index contributed by atoms with van der Waals surface area (Å²) in [5, 5.41) is 3.44. The Kier molecular flexibility index (Phi) is 7.18. The van der Waals surface area contributed by atoms with Crippen LogP contribution in [0.3, 0.4) is 0 Å². The summed E-state index contributed by atoms with van der Waals surface area (Å²) in [7, 11) is 2.99. The number of esters is 1. The number of hydrogen-bond acceptors (Lipinski definition) is 8. The van der Waals surface area contributed by atoms with E-state index in [0.29, 0.717) is 35.2 Å². The van der Waals surface area contributed by atoms with Gasteiger partial charge in [-0.25, -0.2) is 9.97 Å². The lowest BCUT2D eigenvalue weighted by Crippen LogP contribution is -2.16. The average molecular weight is 412 g/mol. The standard InChI is InChI=1S/C21H28N6O3/c1-14-24-19(22)18-20(25-14)27(21(26-18)30-3)10-5-4-9-23-13-16-8-6-7-15(11-16)12-17(28)29-2/h6-8,11,23H,4-5,9-10,12-13H2,1-3H3,(H2,22,24,25). The number of fused-ring (bicyclic) bond motifs is 1. The number of carbonyl (C=O) groups is 1. The number of nitrogens with zero attached hydrogens (tertiary/aromatic N) is 4. The van der Waals surface area contributed by atoms with E-state index in [-0.39, 0.29) is 5.97 Å². The van der Waals surface area contributed by atoms with Crippen LogP contribution < -0.4 is 15.8 Å². The minimum atomic E-state index is -0.232. The molecule has 3 N–H and O–H groups in total. The number of nitrogens with two attached hydrogens (primary N) is 1. The second-order valence-electron chi connectivity index (χ2n) is 7.04. The van der Waals surface area contributed by atoms with Gasteiger partial charge in [0, 0.05) is 13.1 Å². The normalized spacial score (nSPS) is 11.0. The zero-order valence-electron chi connectivity index (χ0n) is 17.6. The largest absolute Gasteiger partial charge is 0.469 e. The zero-order chi connectivity index (χ0) is 21.5. The van der Waals surface area contributed by atoms with Crippen LogP contribution in [0.15, 0.2) is 24.3 Å². The third-order valence-electron chi connectivity index (χ3n) is 4.76. The van der Waals surface area contributed by atoms with E-state index in [2.05, 4.69) is 20.3 Å². The average Bonchev–Trinajstić information content (AvgIpc) is 3.08. The molecule has 0 amide bonds. The predicted molar refractivity (Wildman–Crippen MR) is 114 cm³/mol. The number of nitrogen functional groups attached to an aromatic ring is 1. The summed E-state index contributed by atoms with van der Waals surface area (Å²) < 4.78 is 12.1. The van der Waals surface area contributed by atoms with Gasteiger partial charge in [-0.1, -0.05) is 24.3 Å². The van der Waals surface area contributed by atoms with Gasteiger partial charge < -0.3 is 20.5 Å². The number of ether oxygens (including phenoxy) is 2. The highest BCUT2D eigenvalue weighted by Crippen LogP contribution is 2.23. The van der Waals surface area contributed by atoms with Crippen molar-refractivity contribution in [3.63, 3.8) is 0 Å². The first-order valence-corrected chi connectivity index (χ1v) is 9.91. The lowest BCUT2D eigenvalue weighted by Gasteiger charge is -2.09. The molecule has 2 heterocycles. The molecule has 0 unspecified atom stereocenters. The van der Waals surface area contributed by atoms with Gasteiger partial charge in [-0.15, -0.1) is 0 Å². The molecule has 3 aromatic rings. The van der Waals surface area contributed by atoms with Crippen molar-refractivity contribution in [2.45, 2.75) is 39.3 Å². The number of hydrogen-bond donors (Lipinski definition) is 2. The van der Waals surface area contributed by atoms with E-state index in [4.69, 9.17) is 15.2 Å². The fraction of sp³-hybridized carbons (Fsp3) is 0.429. The molecule has 9 heteroatoms. The first-order chi connectivity index (χ1) is 14.5. The minimum Gasteiger partial charge on any atom is -0.469 e. The summed E-state index contributed by atoms with van der Waals surface area (Å²) >= 11 is 0. The zero-order valence-corrected chi connectivity index (χ0v) is 17.6. The topological polar surface area (TPSA) is 117 Å². The van der Waals surface area contributed by atoms with Crippen molar-refractivity contribution < 1.29 is 14.3 Å². The second kappa shape index (κ2) is 10.0. The quantitative estimate of drug-likeness (QED) is 0.384. The molecule has 0 saturated heterocycles. The van der Waals surface area contributed by atoms with Gasteiger partial charge in [-0.2, -0.15) is 4.98 Å². The molecule has 0 radical (unpaired) electrons. The van der Waals surface area contributed by atoms with E-state index >= 15 is 0 Å². The van der Waals surface area contributed by atoms with E-state index in [9.17, 15) is 4.79 Å². The van der Waals surface area contributed by atoms with Crippen molar-refractivity contribution in [1.82, 2.24) is 24.8 Å². The van der Waals surface area contributed by atoms with Gasteiger partial charge >= 0.3 is 5.97 Å². The van der Waals surface area contributed by atoms with Crippen LogP contribution in [0, 0.1) is 6.92 Å². The maximum atomic E-state index is 11.4. The molecule has 0 aliphatic heterocycles. The summed E-state index contributed by atoms with van der Waals surface area (Å²) in [6.45, 7) is 4.15. The van der Waals surface area contributed by atoms with Crippen molar-refractivity contribution >= 4 is 23.0 Å². The number of unbranched alkanes of at least 4 members (excludes halogenated alkanes) is 1. The Morgan fingerprint density at radius 1 is 1.17 bits per heavy atom. The fourth-order valence-electron chi connectivity index (χ4n) is 3.31. The van der Waals surface area contributed by atoms with Crippen LogP contribution in [0.25, 0.3) is 11.2 Å². The van der Waals surface area contributed by atoms with Gasteiger partial charge in [-0.05, 0) is 37.4 Å². The molecule has 0 bridgehead atoms. The molecule has 9 nitrogen and oxygen atoms in total. The summed E-state index contributed by atoms with van der Waals surface area (Å²) in [6, 6.07) is 8.45. The number of rotatable bonds is 10. The van der Waals surface area contributed by atoms with Crippen LogP contribution in [0.1, 0.15) is 29.8 Å². The van der Waals surface area contributed by atoms with Crippen molar-refractivity contribution in [2.75, 3.05) is 26.5 Å². The van der Waals surface area contributed by atoms with Crippen LogP contribution in [-0.2, 0) is 29.0 Å². The molecule has 30 heavy (non-hydrogen) atoms. The number of anilines is 1. The highest BCUT2D eigenvalue weighted by atomic mass is 16.5. The van der Waals surface area contributed by atoms with E-state index < -0.39 is 0 Å². The van der Waals surface area contributed by atoms with Crippen LogP contribution >= 0.6 is 0 Å². The Labute approximate surface area is 175 Å². The van der Waals surface area contributed by atoms with Crippen LogP contribution in [0.4, 0.5) is 5.82 Å². The molecule has 3 rings (SSSR count). The predicted octanol–water partition coefficient (Wildman–Crippen LogP) is 2.01. The molecule has 0 aliphatic rings. The maximum absolute atomic E-state index is 11.4. The number of imidazole rings is 1. The summed E-state index contributed by atoms with van der Waals surface area (Å²) in [6.07, 6.45) is 2.20. The van der Waals surface area contributed by atoms with Crippen molar-refractivity contribution in [1.29, 1.82) is 0 Å². The smallest absolute Gasteiger partial charge is 0.309 e. The van der Waals surface area contributed by atoms with Gasteiger partial charge in [0.25, 0.3) is 6.01 Å². The van der Waals surface area contributed by atoms with Gasteiger partial charge in [0.05, 0.1) is 20.6 Å². The minimum absolute atomic E-state index is 0.232. The van der Waals surface area contributed by atoms with Crippen LogP contribution in [0.5, 0.6) is 6.01 Å². The molecule has 1 aromatic carbocycles. The van der Waals surface area contributed by atoms with Crippen molar-refractivity contribution in [2.24, 2.45) is 0 Å². The number of carbonyl (C=O) groups excluding carboxylic acids is 1. The number of nitrogens with one attached hydrogen (secondary N) is 1. The van der Waals surface area contributed by atoms with Gasteiger partial charge in [0.1, 0.15) is 5.82 Å². The molecule has 0 atom stereocenters. The number of benzene rings is 1. The number of aryl methyl sites for hydroxylation is 2. The van der Waals surface area contributed by atoms with E-state index in [1.165, 1.54) is 7.11 Å². The lowest BCUT2D eigenvalue weighted by molar-refractivity contribution is -0.139. The summed E-state index contributed by atoms with van der Waals surface area (Å²) in [4.78, 5) is 24.5. The third kappa shape index (κ3) is 5.24. The van der Waals surface area contributed by atoms with E-state index in [1.54, 1.807) is 7.11 Å². The fourth-order valence-corrected chi connectivity index (χ4v) is 3.31. The van der Waals surface area contributed by atoms with Gasteiger partial charge in [0.2, 0.25) is 0 Å². The second-order valence-corrected chi connectivity index (χ2v) is 7.04. The highest BCUT2D eigenvalue weighted by molar-refractivity contribution is 5.82. The lowest BCUT2D eigenvalue weighted by atomic mass is 10.1. The molecular formula is C21H28N6O3.